The molecule has 0 aromatic carbocycles. The van der Waals surface area contributed by atoms with Crippen LogP contribution < -0.4 is 5.73 Å². The Labute approximate surface area is 89.2 Å². The van der Waals surface area contributed by atoms with Gasteiger partial charge in [0.25, 0.3) is 0 Å². The van der Waals surface area contributed by atoms with Gasteiger partial charge in [0.2, 0.25) is 5.91 Å². The average molecular weight is 214 g/mol. The molecular weight excluding hydrogens is 196 g/mol. The number of hydrogen-bond acceptors (Lipinski definition) is 3. The number of aliphatic carboxylic acids is 1. The highest BCUT2D eigenvalue weighted by molar-refractivity contribution is 5.80. The quantitative estimate of drug-likeness (QED) is 0.684. The maximum Gasteiger partial charge on any atom is 0.308 e. The van der Waals surface area contributed by atoms with Gasteiger partial charge in [-0.15, -0.1) is 0 Å². The minimum absolute atomic E-state index is 0.0795. The van der Waals surface area contributed by atoms with E-state index in [1.165, 1.54) is 0 Å². The highest BCUT2D eigenvalue weighted by Crippen LogP contribution is 2.25. The summed E-state index contributed by atoms with van der Waals surface area (Å²) in [6, 6.07) is -0.322. The fraction of sp³-hybridized carbons (Fsp3) is 0.800. The number of amides is 1. The average Bonchev–Trinajstić information content (AvgIpc) is 2.48. The summed E-state index contributed by atoms with van der Waals surface area (Å²) in [4.78, 5) is 23.9. The number of carbonyl (C=O) groups is 2. The summed E-state index contributed by atoms with van der Waals surface area (Å²) in [6.45, 7) is 4.84. The van der Waals surface area contributed by atoms with Crippen LogP contribution in [0.2, 0.25) is 0 Å². The Bertz CT molecular complexity index is 267. The topological polar surface area (TPSA) is 83.6 Å². The van der Waals surface area contributed by atoms with Crippen molar-refractivity contribution < 1.29 is 14.7 Å². The van der Waals surface area contributed by atoms with E-state index in [4.69, 9.17) is 10.8 Å². The third-order valence-corrected chi connectivity index (χ3v) is 3.11. The monoisotopic (exact) mass is 214 g/mol. The molecule has 1 fully saturated rings. The van der Waals surface area contributed by atoms with Crippen LogP contribution in [0.3, 0.4) is 0 Å². The number of carbonyl (C=O) groups excluding carboxylic acids is 1. The fourth-order valence-electron chi connectivity index (χ4n) is 2.22. The van der Waals surface area contributed by atoms with Gasteiger partial charge in [0.05, 0.1) is 12.0 Å². The van der Waals surface area contributed by atoms with Crippen molar-refractivity contribution in [1.82, 2.24) is 4.90 Å². The molecule has 5 heteroatoms. The van der Waals surface area contributed by atoms with Crippen molar-refractivity contribution in [1.29, 1.82) is 0 Å². The zero-order chi connectivity index (χ0) is 11.6. The fourth-order valence-corrected chi connectivity index (χ4v) is 2.22. The van der Waals surface area contributed by atoms with Crippen LogP contribution in [-0.4, -0.2) is 41.0 Å². The second-order valence-corrected chi connectivity index (χ2v) is 4.20. The summed E-state index contributed by atoms with van der Waals surface area (Å²) >= 11 is 0. The minimum atomic E-state index is -0.788. The van der Waals surface area contributed by atoms with Crippen molar-refractivity contribution >= 4 is 11.9 Å². The Morgan fingerprint density at radius 1 is 1.53 bits per heavy atom. The Kier molecular flexibility index (Phi) is 3.68. The lowest BCUT2D eigenvalue weighted by Crippen LogP contribution is -2.43. The smallest absolute Gasteiger partial charge is 0.308 e. The summed E-state index contributed by atoms with van der Waals surface area (Å²) in [5.74, 6) is -1.45. The van der Waals surface area contributed by atoms with Gasteiger partial charge in [0.1, 0.15) is 0 Å². The largest absolute Gasteiger partial charge is 0.481 e. The van der Waals surface area contributed by atoms with E-state index in [0.29, 0.717) is 19.5 Å². The second-order valence-electron chi connectivity index (χ2n) is 4.20. The van der Waals surface area contributed by atoms with E-state index in [9.17, 15) is 9.59 Å². The van der Waals surface area contributed by atoms with E-state index in [2.05, 4.69) is 0 Å². The molecule has 3 atom stereocenters. The molecule has 1 aliphatic heterocycles. The summed E-state index contributed by atoms with van der Waals surface area (Å²) in [7, 11) is 0. The van der Waals surface area contributed by atoms with Crippen molar-refractivity contribution in [3.63, 3.8) is 0 Å². The first-order chi connectivity index (χ1) is 6.97. The third kappa shape index (κ3) is 2.47. The molecule has 86 valence electrons. The van der Waals surface area contributed by atoms with E-state index in [0.717, 1.165) is 0 Å². The number of nitrogens with two attached hydrogens (primary N) is 1. The van der Waals surface area contributed by atoms with Crippen LogP contribution in [0.25, 0.3) is 0 Å². The number of carboxylic acid groups (broad SMARTS) is 1. The van der Waals surface area contributed by atoms with Crippen molar-refractivity contribution in [2.24, 2.45) is 17.6 Å². The van der Waals surface area contributed by atoms with Crippen LogP contribution in [0.15, 0.2) is 0 Å². The van der Waals surface area contributed by atoms with Crippen molar-refractivity contribution in [3.8, 4) is 0 Å². The Balaban J connectivity index is 2.68. The highest BCUT2D eigenvalue weighted by atomic mass is 16.4. The van der Waals surface area contributed by atoms with Crippen LogP contribution in [0.5, 0.6) is 0 Å². The molecule has 3 N–H and O–H groups in total. The van der Waals surface area contributed by atoms with E-state index in [-0.39, 0.29) is 23.8 Å². The summed E-state index contributed by atoms with van der Waals surface area (Å²) < 4.78 is 0. The summed E-state index contributed by atoms with van der Waals surface area (Å²) in [5, 5.41) is 8.95. The van der Waals surface area contributed by atoms with Gasteiger partial charge in [0.15, 0.2) is 0 Å². The molecule has 0 radical (unpaired) electrons. The number of nitrogens with zero attached hydrogens (tertiary/aromatic N) is 1. The van der Waals surface area contributed by atoms with Crippen LogP contribution in [-0.2, 0) is 9.59 Å². The van der Waals surface area contributed by atoms with Crippen LogP contribution in [0, 0.1) is 11.8 Å². The van der Waals surface area contributed by atoms with Gasteiger partial charge in [-0.2, -0.15) is 0 Å². The molecule has 0 bridgehead atoms. The van der Waals surface area contributed by atoms with Crippen LogP contribution in [0.1, 0.15) is 20.3 Å². The predicted molar refractivity (Wildman–Crippen MR) is 55.1 cm³/mol. The molecule has 1 heterocycles. The van der Waals surface area contributed by atoms with Crippen molar-refractivity contribution in [2.75, 3.05) is 13.1 Å². The van der Waals surface area contributed by atoms with Gasteiger partial charge in [-0.1, -0.05) is 13.8 Å². The Hall–Kier alpha value is -1.10. The van der Waals surface area contributed by atoms with Gasteiger partial charge < -0.3 is 10.8 Å². The zero-order valence-corrected chi connectivity index (χ0v) is 9.14. The van der Waals surface area contributed by atoms with Gasteiger partial charge in [0, 0.05) is 13.1 Å². The van der Waals surface area contributed by atoms with E-state index in [1.54, 1.807) is 0 Å². The molecule has 15 heavy (non-hydrogen) atoms. The first-order valence-electron chi connectivity index (χ1n) is 5.23. The number of rotatable bonds is 4. The predicted octanol–water partition coefficient (Wildman–Crippen LogP) is -0.0972. The maximum absolute atomic E-state index is 11.1. The number of carboxylic acids is 1. The minimum Gasteiger partial charge on any atom is -0.481 e. The molecule has 0 aromatic heterocycles. The second kappa shape index (κ2) is 4.61. The molecule has 1 amide bonds. The Morgan fingerprint density at radius 2 is 2.13 bits per heavy atom. The maximum atomic E-state index is 11.1. The number of primary amides is 1. The van der Waals surface area contributed by atoms with Gasteiger partial charge in [-0.05, 0) is 12.3 Å². The van der Waals surface area contributed by atoms with Crippen molar-refractivity contribution in [3.05, 3.63) is 0 Å². The molecule has 1 saturated heterocycles. The van der Waals surface area contributed by atoms with Gasteiger partial charge in [-0.25, -0.2) is 0 Å². The van der Waals surface area contributed by atoms with Crippen molar-refractivity contribution in [2.45, 2.75) is 26.3 Å². The molecular formula is C10H18N2O3. The highest BCUT2D eigenvalue weighted by Gasteiger charge is 2.38. The number of likely N-dealkylation sites (tertiary alicyclic amines) is 1. The summed E-state index contributed by atoms with van der Waals surface area (Å²) in [5.41, 5.74) is 5.27. The van der Waals surface area contributed by atoms with E-state index in [1.807, 2.05) is 18.7 Å². The molecule has 0 aliphatic carbocycles. The Morgan fingerprint density at radius 3 is 2.47 bits per heavy atom. The van der Waals surface area contributed by atoms with E-state index < -0.39 is 5.97 Å². The lowest BCUT2D eigenvalue weighted by Gasteiger charge is -2.23. The zero-order valence-electron chi connectivity index (χ0n) is 9.14. The molecule has 0 spiro atoms. The molecule has 1 aliphatic rings. The first kappa shape index (κ1) is 12.0. The number of hydrogen-bond donors (Lipinski definition) is 2. The lowest BCUT2D eigenvalue weighted by atomic mass is 9.99. The molecule has 0 aromatic rings. The first-order valence-corrected chi connectivity index (χ1v) is 5.23. The molecule has 1 unspecified atom stereocenters. The van der Waals surface area contributed by atoms with Gasteiger partial charge >= 0.3 is 5.97 Å². The van der Waals surface area contributed by atoms with Gasteiger partial charge in [-0.3, -0.25) is 14.5 Å². The summed E-state index contributed by atoms with van der Waals surface area (Å²) in [6.07, 6.45) is 0.633. The van der Waals surface area contributed by atoms with E-state index >= 15 is 0 Å². The SMILES string of the molecule is CCC(C(N)=O)N1C[C@@H](C)[C@H](C(=O)O)C1. The lowest BCUT2D eigenvalue weighted by molar-refractivity contribution is -0.142. The molecule has 1 rings (SSSR count). The third-order valence-electron chi connectivity index (χ3n) is 3.11. The van der Waals surface area contributed by atoms with Crippen LogP contribution >= 0.6 is 0 Å². The normalized spacial score (nSPS) is 28.9. The van der Waals surface area contributed by atoms with Crippen LogP contribution in [0.4, 0.5) is 0 Å². The standard InChI is InChI=1S/C10H18N2O3/c1-3-8(9(11)13)12-4-6(2)7(5-12)10(14)15/h6-8H,3-5H2,1-2H3,(H2,11,13)(H,14,15)/t6-,7-,8?/m1/s1. The molecule has 0 saturated carbocycles. The molecule has 5 nitrogen and oxygen atoms in total.